The Kier molecular flexibility index (Phi) is 4.65. The second kappa shape index (κ2) is 6.07. The summed E-state index contributed by atoms with van der Waals surface area (Å²) in [6.45, 7) is 6.65. The smallest absolute Gasteiger partial charge is 0.276 e. The van der Waals surface area contributed by atoms with Gasteiger partial charge in [-0.3, -0.25) is 0 Å². The van der Waals surface area contributed by atoms with Crippen molar-refractivity contribution in [2.24, 2.45) is 5.92 Å². The van der Waals surface area contributed by atoms with Crippen molar-refractivity contribution in [2.75, 3.05) is 19.6 Å². The van der Waals surface area contributed by atoms with Gasteiger partial charge in [0, 0.05) is 13.1 Å². The summed E-state index contributed by atoms with van der Waals surface area (Å²) in [6.07, 6.45) is 2.02. The Balaban J connectivity index is 2.12. The number of nitrogens with one attached hydrogen (secondary N) is 1. The Bertz CT molecular complexity index is 510. The number of rotatable bonds is 5. The fraction of sp³-hybridized carbons (Fsp3) is 0.692. The van der Waals surface area contributed by atoms with Gasteiger partial charge in [-0.15, -0.1) is 0 Å². The Morgan fingerprint density at radius 2 is 2.26 bits per heavy atom. The Morgan fingerprint density at radius 3 is 2.95 bits per heavy atom. The number of furan rings is 1. The number of nitrogens with zero attached hydrogens (tertiary/aromatic N) is 1. The normalized spacial score (nSPS) is 21.7. The van der Waals surface area contributed by atoms with Gasteiger partial charge < -0.3 is 9.73 Å². The molecule has 0 amide bonds. The molecule has 2 heterocycles. The fourth-order valence-electron chi connectivity index (χ4n) is 2.33. The van der Waals surface area contributed by atoms with E-state index in [9.17, 15) is 8.42 Å². The number of hydrogen-bond acceptors (Lipinski definition) is 4. The molecule has 1 unspecified atom stereocenters. The maximum atomic E-state index is 12.4. The van der Waals surface area contributed by atoms with Gasteiger partial charge in [0.1, 0.15) is 5.76 Å². The van der Waals surface area contributed by atoms with Gasteiger partial charge in [0.05, 0.1) is 6.54 Å². The summed E-state index contributed by atoms with van der Waals surface area (Å²) in [5, 5.41) is 3.18. The number of hydrogen-bond donors (Lipinski definition) is 1. The Hall–Kier alpha value is -0.850. The van der Waals surface area contributed by atoms with Crippen LogP contribution in [0, 0.1) is 5.92 Å². The van der Waals surface area contributed by atoms with E-state index < -0.39 is 10.0 Å². The average Bonchev–Trinajstić information content (AvgIpc) is 2.86. The molecule has 19 heavy (non-hydrogen) atoms. The largest absolute Gasteiger partial charge is 0.447 e. The number of piperidine rings is 1. The molecule has 5 nitrogen and oxygen atoms in total. The van der Waals surface area contributed by atoms with Crippen LogP contribution in [-0.2, 0) is 16.6 Å². The molecule has 1 aliphatic rings. The molecule has 0 bridgehead atoms. The first-order valence-electron chi connectivity index (χ1n) is 6.83. The molecule has 1 saturated heterocycles. The van der Waals surface area contributed by atoms with Crippen LogP contribution in [0.25, 0.3) is 0 Å². The molecule has 0 radical (unpaired) electrons. The van der Waals surface area contributed by atoms with E-state index in [1.165, 1.54) is 4.31 Å². The van der Waals surface area contributed by atoms with Crippen LogP contribution in [-0.4, -0.2) is 32.4 Å². The predicted molar refractivity (Wildman–Crippen MR) is 73.2 cm³/mol. The van der Waals surface area contributed by atoms with Crippen LogP contribution < -0.4 is 5.32 Å². The standard InChI is InChI=1S/C13H22N2O3S/c1-3-14-9-12-6-7-13(18-12)19(16,17)15-8-4-5-11(2)10-15/h6-7,11,14H,3-5,8-10H2,1-2H3. The van der Waals surface area contributed by atoms with Gasteiger partial charge in [-0.2, -0.15) is 4.31 Å². The van der Waals surface area contributed by atoms with Crippen LogP contribution >= 0.6 is 0 Å². The van der Waals surface area contributed by atoms with E-state index in [2.05, 4.69) is 12.2 Å². The van der Waals surface area contributed by atoms with Crippen molar-refractivity contribution in [3.05, 3.63) is 17.9 Å². The van der Waals surface area contributed by atoms with Crippen LogP contribution in [0.15, 0.2) is 21.6 Å². The molecule has 1 aromatic rings. The van der Waals surface area contributed by atoms with E-state index in [4.69, 9.17) is 4.42 Å². The third kappa shape index (κ3) is 3.38. The van der Waals surface area contributed by atoms with Gasteiger partial charge in [0.15, 0.2) is 0 Å². The van der Waals surface area contributed by atoms with E-state index >= 15 is 0 Å². The van der Waals surface area contributed by atoms with Crippen molar-refractivity contribution in [1.82, 2.24) is 9.62 Å². The second-order valence-corrected chi connectivity index (χ2v) is 6.98. The molecule has 1 aliphatic heterocycles. The van der Waals surface area contributed by atoms with Crippen molar-refractivity contribution < 1.29 is 12.8 Å². The zero-order chi connectivity index (χ0) is 13.9. The maximum Gasteiger partial charge on any atom is 0.276 e. The van der Waals surface area contributed by atoms with Crippen LogP contribution in [0.3, 0.4) is 0 Å². The monoisotopic (exact) mass is 286 g/mol. The lowest BCUT2D eigenvalue weighted by Crippen LogP contribution is -2.38. The minimum Gasteiger partial charge on any atom is -0.447 e. The van der Waals surface area contributed by atoms with Gasteiger partial charge in [0.25, 0.3) is 10.0 Å². The molecule has 1 N–H and O–H groups in total. The molecule has 0 aliphatic carbocycles. The Morgan fingerprint density at radius 1 is 1.47 bits per heavy atom. The average molecular weight is 286 g/mol. The van der Waals surface area contributed by atoms with Crippen molar-refractivity contribution in [1.29, 1.82) is 0 Å². The molecule has 1 aromatic heterocycles. The van der Waals surface area contributed by atoms with Gasteiger partial charge in [-0.25, -0.2) is 8.42 Å². The quantitative estimate of drug-likeness (QED) is 0.896. The first-order valence-corrected chi connectivity index (χ1v) is 8.27. The minimum absolute atomic E-state index is 0.0644. The van der Waals surface area contributed by atoms with Crippen LogP contribution in [0.4, 0.5) is 0 Å². The van der Waals surface area contributed by atoms with Gasteiger partial charge in [-0.1, -0.05) is 13.8 Å². The maximum absolute atomic E-state index is 12.4. The second-order valence-electron chi connectivity index (χ2n) is 5.11. The molecular weight excluding hydrogens is 264 g/mol. The van der Waals surface area contributed by atoms with E-state index in [0.29, 0.717) is 31.3 Å². The lowest BCUT2D eigenvalue weighted by molar-refractivity contribution is 0.273. The molecule has 0 saturated carbocycles. The summed E-state index contributed by atoms with van der Waals surface area (Å²) in [4.78, 5) is 0. The Labute approximate surface area is 115 Å². The van der Waals surface area contributed by atoms with Crippen molar-refractivity contribution in [2.45, 2.75) is 38.3 Å². The highest BCUT2D eigenvalue weighted by Crippen LogP contribution is 2.24. The third-order valence-electron chi connectivity index (χ3n) is 3.40. The minimum atomic E-state index is -3.46. The summed E-state index contributed by atoms with van der Waals surface area (Å²) in [5.41, 5.74) is 0. The van der Waals surface area contributed by atoms with E-state index in [1.807, 2.05) is 6.92 Å². The predicted octanol–water partition coefficient (Wildman–Crippen LogP) is 1.81. The topological polar surface area (TPSA) is 62.6 Å². The zero-order valence-electron chi connectivity index (χ0n) is 11.6. The highest BCUT2D eigenvalue weighted by molar-refractivity contribution is 7.89. The third-order valence-corrected chi connectivity index (χ3v) is 5.14. The molecule has 0 aromatic carbocycles. The lowest BCUT2D eigenvalue weighted by Gasteiger charge is -2.29. The van der Waals surface area contributed by atoms with Gasteiger partial charge >= 0.3 is 0 Å². The van der Waals surface area contributed by atoms with Crippen molar-refractivity contribution >= 4 is 10.0 Å². The van der Waals surface area contributed by atoms with Crippen molar-refractivity contribution in [3.8, 4) is 0 Å². The van der Waals surface area contributed by atoms with E-state index in [1.54, 1.807) is 12.1 Å². The molecule has 1 fully saturated rings. The molecule has 1 atom stereocenters. The van der Waals surface area contributed by atoms with E-state index in [-0.39, 0.29) is 5.09 Å². The molecule has 108 valence electrons. The first-order chi connectivity index (χ1) is 9.04. The molecular formula is C13H22N2O3S. The SMILES string of the molecule is CCNCc1ccc(S(=O)(=O)N2CCCC(C)C2)o1. The summed E-state index contributed by atoms with van der Waals surface area (Å²) >= 11 is 0. The number of sulfonamides is 1. The highest BCUT2D eigenvalue weighted by atomic mass is 32.2. The van der Waals surface area contributed by atoms with Crippen LogP contribution in [0.2, 0.25) is 0 Å². The summed E-state index contributed by atoms with van der Waals surface area (Å²) in [7, 11) is -3.46. The van der Waals surface area contributed by atoms with Gasteiger partial charge in [-0.05, 0) is 37.4 Å². The van der Waals surface area contributed by atoms with Gasteiger partial charge in [0.2, 0.25) is 5.09 Å². The first kappa shape index (κ1) is 14.6. The summed E-state index contributed by atoms with van der Waals surface area (Å²) in [5.74, 6) is 1.07. The summed E-state index contributed by atoms with van der Waals surface area (Å²) in [6, 6.07) is 3.28. The highest BCUT2D eigenvalue weighted by Gasteiger charge is 2.30. The molecule has 6 heteroatoms. The molecule has 0 spiro atoms. The molecule has 2 rings (SSSR count). The van der Waals surface area contributed by atoms with E-state index in [0.717, 1.165) is 19.4 Å². The van der Waals surface area contributed by atoms with Crippen molar-refractivity contribution in [3.63, 3.8) is 0 Å². The van der Waals surface area contributed by atoms with Crippen LogP contribution in [0.5, 0.6) is 0 Å². The van der Waals surface area contributed by atoms with Crippen LogP contribution in [0.1, 0.15) is 32.4 Å². The fourth-order valence-corrected chi connectivity index (χ4v) is 3.86. The summed E-state index contributed by atoms with van der Waals surface area (Å²) < 4.78 is 31.8. The zero-order valence-corrected chi connectivity index (χ0v) is 12.4. The lowest BCUT2D eigenvalue weighted by atomic mass is 10.0.